The average Bonchev–Trinajstić information content (AvgIpc) is 1.38. The molecule has 0 bridgehead atoms. The smallest absolute Gasteiger partial charge is 0.0917 e. The first-order valence-electron chi connectivity index (χ1n) is 2.07. The van der Waals surface area contributed by atoms with E-state index in [4.69, 9.17) is 0 Å². The van der Waals surface area contributed by atoms with Gasteiger partial charge >= 0.3 is 0 Å². The van der Waals surface area contributed by atoms with Crippen LogP contribution in [0, 0.1) is 0 Å². The summed E-state index contributed by atoms with van der Waals surface area (Å²) in [6.45, 7) is 6.41. The molecule has 0 N–H and O–H groups in total. The van der Waals surface area contributed by atoms with E-state index in [2.05, 4.69) is 28.0 Å². The molecule has 0 aromatic rings. The first-order chi connectivity index (χ1) is 2.27. The lowest BCUT2D eigenvalue weighted by molar-refractivity contribution is 1.06. The van der Waals surface area contributed by atoms with E-state index >= 15 is 0 Å². The maximum absolute atomic E-state index is 2.17. The Kier molecular flexibility index (Phi) is 2.34. The monoisotopic (exact) mass is 69.1 g/mol. The summed E-state index contributed by atoms with van der Waals surface area (Å²) >= 11 is 0. The SMILES string of the molecule is C[B]C(C)C. The van der Waals surface area contributed by atoms with E-state index in [0.717, 1.165) is 5.82 Å². The molecule has 0 amide bonds. The first-order valence-corrected chi connectivity index (χ1v) is 2.07. The molecular formula is C4H10B. The maximum Gasteiger partial charge on any atom is 0.109 e. The number of hydrogen-bond donors (Lipinski definition) is 0. The Bertz CT molecular complexity index is 17.6. The maximum atomic E-state index is 2.17. The van der Waals surface area contributed by atoms with Crippen molar-refractivity contribution in [1.29, 1.82) is 0 Å². The van der Waals surface area contributed by atoms with Crippen molar-refractivity contribution in [3.05, 3.63) is 0 Å². The zero-order chi connectivity index (χ0) is 4.28. The van der Waals surface area contributed by atoms with Crippen molar-refractivity contribution in [1.82, 2.24) is 0 Å². The van der Waals surface area contributed by atoms with Crippen LogP contribution in [0.4, 0.5) is 0 Å². The summed E-state index contributed by atoms with van der Waals surface area (Å²) in [6, 6.07) is 0. The molecule has 0 unspecified atom stereocenters. The van der Waals surface area contributed by atoms with Crippen LogP contribution in [-0.2, 0) is 0 Å². The number of rotatable bonds is 1. The van der Waals surface area contributed by atoms with Crippen molar-refractivity contribution < 1.29 is 0 Å². The highest BCUT2D eigenvalue weighted by Crippen LogP contribution is 1.92. The molecular weight excluding hydrogens is 58.9 g/mol. The fourth-order valence-corrected chi connectivity index (χ4v) is 0. The lowest BCUT2D eigenvalue weighted by Gasteiger charge is -1.88. The summed E-state index contributed by atoms with van der Waals surface area (Å²) in [5.74, 6) is 0.759. The van der Waals surface area contributed by atoms with Crippen LogP contribution in [0.1, 0.15) is 13.8 Å². The lowest BCUT2D eigenvalue weighted by atomic mass is 9.69. The predicted molar refractivity (Wildman–Crippen MR) is 26.7 cm³/mol. The molecule has 0 fully saturated rings. The van der Waals surface area contributed by atoms with Crippen LogP contribution >= 0.6 is 0 Å². The lowest BCUT2D eigenvalue weighted by Crippen LogP contribution is -1.83. The molecule has 29 valence electrons. The zero-order valence-corrected chi connectivity index (χ0v) is 4.15. The van der Waals surface area contributed by atoms with Crippen LogP contribution < -0.4 is 0 Å². The van der Waals surface area contributed by atoms with Crippen LogP contribution in [0.25, 0.3) is 0 Å². The highest BCUT2D eigenvalue weighted by molar-refractivity contribution is 6.35. The van der Waals surface area contributed by atoms with Crippen molar-refractivity contribution in [3.8, 4) is 0 Å². The van der Waals surface area contributed by atoms with E-state index in [9.17, 15) is 0 Å². The molecule has 0 spiro atoms. The first kappa shape index (κ1) is 5.06. The van der Waals surface area contributed by atoms with Gasteiger partial charge in [-0.1, -0.05) is 26.5 Å². The minimum atomic E-state index is 0.759. The third kappa shape index (κ3) is 4.06. The Labute approximate surface area is 34.8 Å². The minimum Gasteiger partial charge on any atom is -0.0917 e. The third-order valence-corrected chi connectivity index (χ3v) is 0.667. The molecule has 0 saturated heterocycles. The van der Waals surface area contributed by atoms with Gasteiger partial charge in [0.25, 0.3) is 0 Å². The van der Waals surface area contributed by atoms with E-state index in [1.807, 2.05) is 0 Å². The molecule has 0 rings (SSSR count). The molecule has 0 aliphatic carbocycles. The average molecular weight is 68.9 g/mol. The molecule has 0 aromatic carbocycles. The van der Waals surface area contributed by atoms with Gasteiger partial charge in [-0.05, 0) is 0 Å². The quantitative estimate of drug-likeness (QED) is 0.410. The summed E-state index contributed by atoms with van der Waals surface area (Å²) < 4.78 is 0. The van der Waals surface area contributed by atoms with Crippen LogP contribution in [0.2, 0.25) is 12.6 Å². The summed E-state index contributed by atoms with van der Waals surface area (Å²) in [4.78, 5) is 0. The second kappa shape index (κ2) is 2.31. The van der Waals surface area contributed by atoms with Gasteiger partial charge in [-0.25, -0.2) is 0 Å². The Balaban J connectivity index is 2.54. The standard InChI is InChI=1S/C4H10B/c1-4(2)5-3/h4H,1-3H3. The largest absolute Gasteiger partial charge is 0.109 e. The molecule has 0 aromatic heterocycles. The van der Waals surface area contributed by atoms with Gasteiger partial charge in [-0.15, -0.1) is 0 Å². The summed E-state index contributed by atoms with van der Waals surface area (Å²) in [5.41, 5.74) is 0. The highest BCUT2D eigenvalue weighted by atomic mass is 13.7. The van der Waals surface area contributed by atoms with Crippen molar-refractivity contribution in [3.63, 3.8) is 0 Å². The van der Waals surface area contributed by atoms with E-state index < -0.39 is 0 Å². The number of hydrogen-bond acceptors (Lipinski definition) is 0. The van der Waals surface area contributed by atoms with Gasteiger partial charge in [0, 0.05) is 0 Å². The summed E-state index contributed by atoms with van der Waals surface area (Å²) in [7, 11) is 2.17. The normalized spacial score (nSPS) is 8.80. The molecule has 5 heavy (non-hydrogen) atoms. The zero-order valence-electron chi connectivity index (χ0n) is 4.15. The molecule has 1 radical (unpaired) electrons. The molecule has 0 nitrogen and oxygen atoms in total. The Morgan fingerprint density at radius 1 is 1.40 bits per heavy atom. The van der Waals surface area contributed by atoms with Gasteiger partial charge in [0.15, 0.2) is 0 Å². The Hall–Kier alpha value is 0.0649. The van der Waals surface area contributed by atoms with Crippen LogP contribution in [0.15, 0.2) is 0 Å². The van der Waals surface area contributed by atoms with Crippen LogP contribution in [0.5, 0.6) is 0 Å². The second-order valence-electron chi connectivity index (χ2n) is 1.58. The molecule has 0 atom stereocenters. The van der Waals surface area contributed by atoms with Crippen molar-refractivity contribution in [2.75, 3.05) is 0 Å². The fraction of sp³-hybridized carbons (Fsp3) is 1.00. The molecule has 0 saturated carbocycles. The van der Waals surface area contributed by atoms with Gasteiger partial charge in [0.1, 0.15) is 7.28 Å². The van der Waals surface area contributed by atoms with Gasteiger partial charge in [-0.3, -0.25) is 0 Å². The molecule has 0 heterocycles. The highest BCUT2D eigenvalue weighted by Gasteiger charge is 1.82. The molecule has 1 heteroatoms. The predicted octanol–water partition coefficient (Wildman–Crippen LogP) is 1.57. The van der Waals surface area contributed by atoms with Gasteiger partial charge in [0.05, 0.1) is 0 Å². The van der Waals surface area contributed by atoms with Crippen molar-refractivity contribution >= 4 is 7.28 Å². The summed E-state index contributed by atoms with van der Waals surface area (Å²) in [5, 5.41) is 0. The van der Waals surface area contributed by atoms with Crippen molar-refractivity contribution in [2.24, 2.45) is 0 Å². The van der Waals surface area contributed by atoms with Crippen molar-refractivity contribution in [2.45, 2.75) is 26.5 Å². The third-order valence-electron chi connectivity index (χ3n) is 0.667. The van der Waals surface area contributed by atoms with Gasteiger partial charge < -0.3 is 0 Å². The topological polar surface area (TPSA) is 0 Å². The Morgan fingerprint density at radius 2 is 1.60 bits per heavy atom. The van der Waals surface area contributed by atoms with Crippen LogP contribution in [0.3, 0.4) is 0 Å². The molecule has 0 aliphatic heterocycles. The van der Waals surface area contributed by atoms with E-state index in [1.165, 1.54) is 0 Å². The van der Waals surface area contributed by atoms with Gasteiger partial charge in [-0.2, -0.15) is 0 Å². The van der Waals surface area contributed by atoms with E-state index in [-0.39, 0.29) is 0 Å². The van der Waals surface area contributed by atoms with Gasteiger partial charge in [0.2, 0.25) is 0 Å². The van der Waals surface area contributed by atoms with Crippen LogP contribution in [-0.4, -0.2) is 7.28 Å². The van der Waals surface area contributed by atoms with E-state index in [0.29, 0.717) is 0 Å². The minimum absolute atomic E-state index is 0.759. The summed E-state index contributed by atoms with van der Waals surface area (Å²) in [6.07, 6.45) is 0. The van der Waals surface area contributed by atoms with E-state index in [1.54, 1.807) is 0 Å². The Morgan fingerprint density at radius 3 is 1.60 bits per heavy atom. The molecule has 0 aliphatic rings. The second-order valence-corrected chi connectivity index (χ2v) is 1.58. The fourth-order valence-electron chi connectivity index (χ4n) is 0.